The van der Waals surface area contributed by atoms with Gasteiger partial charge in [-0.1, -0.05) is 18.7 Å². The summed E-state index contributed by atoms with van der Waals surface area (Å²) < 4.78 is 9.89. The van der Waals surface area contributed by atoms with Crippen LogP contribution in [0, 0.1) is 0 Å². The van der Waals surface area contributed by atoms with Gasteiger partial charge in [-0.05, 0) is 23.8 Å². The third-order valence-electron chi connectivity index (χ3n) is 1.94. The number of carbonyl (C=O) groups is 1. The molecule has 0 aromatic heterocycles. The van der Waals surface area contributed by atoms with Crippen molar-refractivity contribution in [3.05, 3.63) is 42.5 Å². The van der Waals surface area contributed by atoms with Gasteiger partial charge in [0.15, 0.2) is 11.5 Å². The molecule has 1 aliphatic heterocycles. The molecule has 1 aliphatic rings. The van der Waals surface area contributed by atoms with Crippen LogP contribution in [0.1, 0.15) is 5.56 Å². The van der Waals surface area contributed by atoms with E-state index in [0.29, 0.717) is 0 Å². The standard InChI is InChI=1S/C12H10O3/c1-2-12(13)14-7-3-4-9-5-6-10-11(8-9)15-10/h2-6,8H,1,7H2. The molecule has 1 aromatic rings. The summed E-state index contributed by atoms with van der Waals surface area (Å²) in [6, 6.07) is 5.78. The molecule has 1 heterocycles. The van der Waals surface area contributed by atoms with Gasteiger partial charge in [-0.15, -0.1) is 0 Å². The molecule has 76 valence electrons. The van der Waals surface area contributed by atoms with Crippen molar-refractivity contribution in [2.24, 2.45) is 0 Å². The Morgan fingerprint density at radius 1 is 1.47 bits per heavy atom. The minimum Gasteiger partial charge on any atom is -0.458 e. The molecule has 0 bridgehead atoms. The first-order valence-electron chi connectivity index (χ1n) is 4.57. The highest BCUT2D eigenvalue weighted by Gasteiger charge is 2.18. The van der Waals surface area contributed by atoms with Crippen LogP contribution in [0.4, 0.5) is 0 Å². The first-order valence-corrected chi connectivity index (χ1v) is 4.57. The lowest BCUT2D eigenvalue weighted by molar-refractivity contribution is -0.136. The summed E-state index contributed by atoms with van der Waals surface area (Å²) in [5, 5.41) is 0. The Morgan fingerprint density at radius 3 is 3.07 bits per heavy atom. The van der Waals surface area contributed by atoms with E-state index < -0.39 is 5.97 Å². The second-order valence-corrected chi connectivity index (χ2v) is 3.04. The van der Waals surface area contributed by atoms with E-state index in [0.717, 1.165) is 23.1 Å². The molecule has 0 spiro atoms. The second kappa shape index (κ2) is 4.00. The highest BCUT2D eigenvalue weighted by molar-refractivity contribution is 5.81. The van der Waals surface area contributed by atoms with Crippen LogP contribution in [-0.4, -0.2) is 12.6 Å². The first-order chi connectivity index (χ1) is 7.29. The second-order valence-electron chi connectivity index (χ2n) is 3.04. The predicted octanol–water partition coefficient (Wildman–Crippen LogP) is 2.53. The van der Waals surface area contributed by atoms with Crippen molar-refractivity contribution in [3.63, 3.8) is 0 Å². The average molecular weight is 202 g/mol. The van der Waals surface area contributed by atoms with Gasteiger partial charge in [0.1, 0.15) is 6.61 Å². The van der Waals surface area contributed by atoms with Crippen molar-refractivity contribution in [2.45, 2.75) is 0 Å². The van der Waals surface area contributed by atoms with Crippen molar-refractivity contribution in [2.75, 3.05) is 6.61 Å². The molecule has 0 amide bonds. The number of benzene rings is 1. The minimum absolute atomic E-state index is 0.253. The number of esters is 1. The molecule has 3 heteroatoms. The Kier molecular flexibility index (Phi) is 2.54. The molecule has 0 atom stereocenters. The average Bonchev–Trinajstić information content (AvgIpc) is 3.02. The summed E-state index contributed by atoms with van der Waals surface area (Å²) in [5.74, 6) is 1.44. The van der Waals surface area contributed by atoms with Crippen molar-refractivity contribution < 1.29 is 14.3 Å². The van der Waals surface area contributed by atoms with E-state index in [1.54, 1.807) is 6.08 Å². The predicted molar refractivity (Wildman–Crippen MR) is 56.7 cm³/mol. The highest BCUT2D eigenvalue weighted by atomic mass is 16.6. The maximum atomic E-state index is 10.7. The van der Waals surface area contributed by atoms with Crippen LogP contribution in [-0.2, 0) is 9.53 Å². The van der Waals surface area contributed by atoms with Gasteiger partial charge in [0.05, 0.1) is 0 Å². The maximum absolute atomic E-state index is 10.7. The maximum Gasteiger partial charge on any atom is 0.330 e. The Morgan fingerprint density at radius 2 is 2.33 bits per heavy atom. The van der Waals surface area contributed by atoms with Gasteiger partial charge < -0.3 is 9.47 Å². The molecule has 0 fully saturated rings. The van der Waals surface area contributed by atoms with E-state index in [9.17, 15) is 4.79 Å². The molecular formula is C12H10O3. The molecule has 2 rings (SSSR count). The molecule has 15 heavy (non-hydrogen) atoms. The smallest absolute Gasteiger partial charge is 0.330 e. The highest BCUT2D eigenvalue weighted by Crippen LogP contribution is 2.45. The number of rotatable bonds is 4. The van der Waals surface area contributed by atoms with E-state index in [4.69, 9.17) is 9.47 Å². The van der Waals surface area contributed by atoms with Gasteiger partial charge in [0.2, 0.25) is 0 Å². The zero-order chi connectivity index (χ0) is 10.7. The number of ether oxygens (including phenoxy) is 2. The quantitative estimate of drug-likeness (QED) is 0.434. The number of fused-ring (bicyclic) bond motifs is 1. The van der Waals surface area contributed by atoms with Gasteiger partial charge in [0.25, 0.3) is 0 Å². The van der Waals surface area contributed by atoms with Crippen molar-refractivity contribution in [1.29, 1.82) is 0 Å². The van der Waals surface area contributed by atoms with E-state index in [-0.39, 0.29) is 6.61 Å². The fraction of sp³-hybridized carbons (Fsp3) is 0.0833. The lowest BCUT2D eigenvalue weighted by Crippen LogP contribution is -1.98. The number of carbonyl (C=O) groups excluding carboxylic acids is 1. The van der Waals surface area contributed by atoms with E-state index in [1.807, 2.05) is 24.3 Å². The Labute approximate surface area is 87.6 Å². The van der Waals surface area contributed by atoms with Gasteiger partial charge >= 0.3 is 5.97 Å². The van der Waals surface area contributed by atoms with Crippen molar-refractivity contribution in [3.8, 4) is 11.5 Å². The molecule has 0 N–H and O–H groups in total. The van der Waals surface area contributed by atoms with Crippen LogP contribution in [0.15, 0.2) is 36.9 Å². The summed E-state index contributed by atoms with van der Waals surface area (Å²) in [6.45, 7) is 3.55. The molecule has 0 saturated carbocycles. The fourth-order valence-corrected chi connectivity index (χ4v) is 1.16. The zero-order valence-electron chi connectivity index (χ0n) is 8.10. The monoisotopic (exact) mass is 202 g/mol. The van der Waals surface area contributed by atoms with Crippen LogP contribution in [0.5, 0.6) is 11.5 Å². The third kappa shape index (κ3) is 2.47. The van der Waals surface area contributed by atoms with Crippen molar-refractivity contribution in [1.82, 2.24) is 0 Å². The van der Waals surface area contributed by atoms with Crippen LogP contribution < -0.4 is 4.74 Å². The Balaban J connectivity index is 1.84. The molecule has 1 aromatic carbocycles. The molecule has 3 nitrogen and oxygen atoms in total. The van der Waals surface area contributed by atoms with Crippen LogP contribution in [0.3, 0.4) is 0 Å². The SMILES string of the molecule is C=CC(=O)OCC=Cc1ccc2c(c1)O2. The van der Waals surface area contributed by atoms with Gasteiger partial charge in [-0.25, -0.2) is 4.79 Å². The lowest BCUT2D eigenvalue weighted by atomic mass is 10.2. The first kappa shape index (κ1) is 9.52. The fourth-order valence-electron chi connectivity index (χ4n) is 1.16. The Bertz CT molecular complexity index is 432. The number of hydrogen-bond acceptors (Lipinski definition) is 3. The van der Waals surface area contributed by atoms with E-state index in [1.165, 1.54) is 0 Å². The molecule has 0 saturated heterocycles. The van der Waals surface area contributed by atoms with Crippen LogP contribution >= 0.6 is 0 Å². The topological polar surface area (TPSA) is 38.8 Å². The molecule has 0 aliphatic carbocycles. The zero-order valence-corrected chi connectivity index (χ0v) is 8.10. The van der Waals surface area contributed by atoms with Crippen LogP contribution in [0.2, 0.25) is 0 Å². The summed E-state index contributed by atoms with van der Waals surface area (Å²) in [4.78, 5) is 10.7. The lowest BCUT2D eigenvalue weighted by Gasteiger charge is -1.94. The van der Waals surface area contributed by atoms with Gasteiger partial charge in [-0.3, -0.25) is 0 Å². The molecule has 0 radical (unpaired) electrons. The van der Waals surface area contributed by atoms with Crippen molar-refractivity contribution >= 4 is 12.0 Å². The molecule has 0 unspecified atom stereocenters. The van der Waals surface area contributed by atoms with Gasteiger partial charge in [0, 0.05) is 6.08 Å². The molecular weight excluding hydrogens is 192 g/mol. The van der Waals surface area contributed by atoms with E-state index in [2.05, 4.69) is 6.58 Å². The summed E-state index contributed by atoms with van der Waals surface area (Å²) in [7, 11) is 0. The van der Waals surface area contributed by atoms with Gasteiger partial charge in [-0.2, -0.15) is 0 Å². The van der Waals surface area contributed by atoms with Crippen LogP contribution in [0.25, 0.3) is 6.08 Å². The largest absolute Gasteiger partial charge is 0.458 e. The Hall–Kier alpha value is -2.03. The third-order valence-corrected chi connectivity index (χ3v) is 1.94. The minimum atomic E-state index is -0.414. The summed E-state index contributed by atoms with van der Waals surface area (Å²) in [6.07, 6.45) is 4.78. The normalized spacial score (nSPS) is 11.7. The number of hydrogen-bond donors (Lipinski definition) is 0. The summed E-state index contributed by atoms with van der Waals surface area (Å²) in [5.41, 5.74) is 1.03. The van der Waals surface area contributed by atoms with E-state index >= 15 is 0 Å². The summed E-state index contributed by atoms with van der Waals surface area (Å²) >= 11 is 0.